The van der Waals surface area contributed by atoms with Gasteiger partial charge in [0.15, 0.2) is 0 Å². The number of thioether (sulfide) groups is 1. The summed E-state index contributed by atoms with van der Waals surface area (Å²) in [5.41, 5.74) is 0.778. The lowest BCUT2D eigenvalue weighted by atomic mass is 10.2. The highest BCUT2D eigenvalue weighted by Gasteiger charge is 2.41. The molecule has 0 bridgehead atoms. The molecule has 0 aromatic heterocycles. The summed E-state index contributed by atoms with van der Waals surface area (Å²) < 4.78 is 5.17. The molecular weight excluding hydrogens is 526 g/mol. The first-order chi connectivity index (χ1) is 15.8. The third-order valence-corrected chi connectivity index (χ3v) is 7.12. The van der Waals surface area contributed by atoms with E-state index < -0.39 is 11.8 Å². The van der Waals surface area contributed by atoms with Crippen LogP contribution in [0.15, 0.2) is 76.2 Å². The van der Waals surface area contributed by atoms with E-state index in [1.165, 1.54) is 7.11 Å². The largest absolute Gasteiger partial charge is 0.495 e. The van der Waals surface area contributed by atoms with Crippen LogP contribution in [0.4, 0.5) is 11.4 Å². The second-order valence-electron chi connectivity index (χ2n) is 6.75. The molecule has 0 atom stereocenters. The number of nitrogens with zero attached hydrogens (tertiary/aromatic N) is 1. The molecule has 0 spiro atoms. The quantitative estimate of drug-likeness (QED) is 0.333. The van der Waals surface area contributed by atoms with E-state index in [0.29, 0.717) is 21.5 Å². The van der Waals surface area contributed by atoms with Crippen LogP contribution in [-0.2, 0) is 9.59 Å². The first-order valence-corrected chi connectivity index (χ1v) is 11.7. The van der Waals surface area contributed by atoms with Crippen molar-refractivity contribution in [1.82, 2.24) is 0 Å². The minimum atomic E-state index is -0.576. The van der Waals surface area contributed by atoms with Gasteiger partial charge in [0, 0.05) is 15.6 Å². The maximum absolute atomic E-state index is 13.4. The highest BCUT2D eigenvalue weighted by atomic mass is 35.5. The Morgan fingerprint density at radius 2 is 1.61 bits per heavy atom. The van der Waals surface area contributed by atoms with Crippen LogP contribution in [0.1, 0.15) is 0 Å². The Morgan fingerprint density at radius 1 is 0.879 bits per heavy atom. The van der Waals surface area contributed by atoms with Crippen LogP contribution in [0.5, 0.6) is 5.75 Å². The molecule has 10 heteroatoms. The Labute approximate surface area is 214 Å². The first-order valence-electron chi connectivity index (χ1n) is 9.41. The number of hydrogen-bond acceptors (Lipinski definition) is 5. The number of carbonyl (C=O) groups is 2. The van der Waals surface area contributed by atoms with Gasteiger partial charge in [0.1, 0.15) is 16.4 Å². The summed E-state index contributed by atoms with van der Waals surface area (Å²) in [5, 5.41) is 4.27. The average molecular weight is 540 g/mol. The zero-order valence-electron chi connectivity index (χ0n) is 16.9. The number of anilines is 2. The van der Waals surface area contributed by atoms with Gasteiger partial charge in [-0.05, 0) is 54.6 Å². The van der Waals surface area contributed by atoms with Gasteiger partial charge in [-0.25, -0.2) is 4.90 Å². The summed E-state index contributed by atoms with van der Waals surface area (Å²) in [7, 11) is 1.50. The van der Waals surface area contributed by atoms with Crippen LogP contribution in [-0.4, -0.2) is 18.9 Å². The third kappa shape index (κ3) is 4.81. The number of benzene rings is 3. The first kappa shape index (κ1) is 23.8. The van der Waals surface area contributed by atoms with Gasteiger partial charge < -0.3 is 10.1 Å². The molecule has 1 N–H and O–H groups in total. The van der Waals surface area contributed by atoms with Crippen LogP contribution < -0.4 is 15.0 Å². The number of methoxy groups -OCH3 is 1. The minimum Gasteiger partial charge on any atom is -0.495 e. The SMILES string of the molecule is COc1ccc(NC2=C(Sc3ccc(Cl)cc3)C(=O)N(c3cccc(Cl)c3Cl)C2=O)cc1Cl. The fourth-order valence-electron chi connectivity index (χ4n) is 3.11. The van der Waals surface area contributed by atoms with Crippen LogP contribution in [0.3, 0.4) is 0 Å². The van der Waals surface area contributed by atoms with E-state index in [0.717, 1.165) is 21.6 Å². The number of rotatable bonds is 6. The van der Waals surface area contributed by atoms with Gasteiger partial charge >= 0.3 is 0 Å². The van der Waals surface area contributed by atoms with E-state index >= 15 is 0 Å². The van der Waals surface area contributed by atoms with Crippen molar-refractivity contribution in [3.63, 3.8) is 0 Å². The Bertz CT molecular complexity index is 1300. The van der Waals surface area contributed by atoms with Crippen molar-refractivity contribution in [1.29, 1.82) is 0 Å². The van der Waals surface area contributed by atoms with Crippen LogP contribution >= 0.6 is 58.2 Å². The fraction of sp³-hybridized carbons (Fsp3) is 0.0435. The second-order valence-corrected chi connectivity index (χ2v) is 9.47. The molecular formula is C23H14Cl4N2O3S. The topological polar surface area (TPSA) is 58.6 Å². The molecule has 3 aromatic rings. The fourth-order valence-corrected chi connectivity index (χ4v) is 4.80. The summed E-state index contributed by atoms with van der Waals surface area (Å²) in [6.45, 7) is 0. The highest BCUT2D eigenvalue weighted by Crippen LogP contribution is 2.41. The predicted molar refractivity (Wildman–Crippen MR) is 135 cm³/mol. The molecule has 1 aliphatic heterocycles. The van der Waals surface area contributed by atoms with Crippen LogP contribution in [0.2, 0.25) is 20.1 Å². The second kappa shape index (κ2) is 9.87. The molecule has 1 heterocycles. The van der Waals surface area contributed by atoms with Crippen LogP contribution in [0.25, 0.3) is 0 Å². The molecule has 1 aliphatic rings. The van der Waals surface area contributed by atoms with Gasteiger partial charge in [-0.3, -0.25) is 9.59 Å². The van der Waals surface area contributed by atoms with Crippen molar-refractivity contribution in [2.45, 2.75) is 4.90 Å². The standard InChI is InChI=1S/C23H14Cl4N2O3S/c1-32-18-10-7-13(11-16(18)26)28-20-21(33-14-8-5-12(24)6-9-14)23(31)29(22(20)30)17-4-2-3-15(25)19(17)27/h2-11,28H,1H3. The van der Waals surface area contributed by atoms with Crippen molar-refractivity contribution in [3.05, 3.63) is 91.4 Å². The van der Waals surface area contributed by atoms with Gasteiger partial charge in [-0.2, -0.15) is 0 Å². The van der Waals surface area contributed by atoms with E-state index in [-0.39, 0.29) is 26.3 Å². The van der Waals surface area contributed by atoms with Crippen molar-refractivity contribution < 1.29 is 14.3 Å². The van der Waals surface area contributed by atoms with Crippen molar-refractivity contribution in [2.24, 2.45) is 0 Å². The summed E-state index contributed by atoms with van der Waals surface area (Å²) in [4.78, 5) is 28.8. The van der Waals surface area contributed by atoms with Crippen molar-refractivity contribution in [3.8, 4) is 5.75 Å². The number of hydrogen-bond donors (Lipinski definition) is 1. The van der Waals surface area contributed by atoms with Crippen molar-refractivity contribution in [2.75, 3.05) is 17.3 Å². The number of halogens is 4. The number of amides is 2. The predicted octanol–water partition coefficient (Wildman–Crippen LogP) is 7.30. The summed E-state index contributed by atoms with van der Waals surface area (Å²) in [6.07, 6.45) is 0. The van der Waals surface area contributed by atoms with Gasteiger partial charge in [0.2, 0.25) is 0 Å². The lowest BCUT2D eigenvalue weighted by Gasteiger charge is -2.17. The molecule has 33 heavy (non-hydrogen) atoms. The van der Waals surface area contributed by atoms with Gasteiger partial charge in [-0.15, -0.1) is 0 Å². The van der Waals surface area contributed by atoms with E-state index in [4.69, 9.17) is 51.1 Å². The summed E-state index contributed by atoms with van der Waals surface area (Å²) >= 11 is 25.8. The Morgan fingerprint density at radius 3 is 2.27 bits per heavy atom. The number of ether oxygens (including phenoxy) is 1. The molecule has 0 saturated heterocycles. The Kier molecular flexibility index (Phi) is 7.12. The smallest absolute Gasteiger partial charge is 0.283 e. The number of imide groups is 1. The maximum Gasteiger partial charge on any atom is 0.283 e. The molecule has 168 valence electrons. The zero-order chi connectivity index (χ0) is 23.7. The van der Waals surface area contributed by atoms with E-state index in [2.05, 4.69) is 5.32 Å². The molecule has 2 amide bonds. The Hall–Kier alpha value is -2.35. The molecule has 3 aromatic carbocycles. The van der Waals surface area contributed by atoms with E-state index in [9.17, 15) is 9.59 Å². The Balaban J connectivity index is 1.77. The maximum atomic E-state index is 13.4. The molecule has 0 aliphatic carbocycles. The molecule has 0 fully saturated rings. The molecule has 0 radical (unpaired) electrons. The number of nitrogens with one attached hydrogen (secondary N) is 1. The average Bonchev–Trinajstić information content (AvgIpc) is 3.01. The lowest BCUT2D eigenvalue weighted by Crippen LogP contribution is -2.32. The summed E-state index contributed by atoms with van der Waals surface area (Å²) in [5.74, 6) is -0.632. The van der Waals surface area contributed by atoms with E-state index in [1.54, 1.807) is 60.7 Å². The van der Waals surface area contributed by atoms with E-state index in [1.807, 2.05) is 0 Å². The third-order valence-electron chi connectivity index (χ3n) is 4.67. The minimum absolute atomic E-state index is 0.0808. The van der Waals surface area contributed by atoms with Gasteiger partial charge in [0.05, 0.1) is 27.9 Å². The van der Waals surface area contributed by atoms with Crippen molar-refractivity contribution >= 4 is 81.4 Å². The van der Waals surface area contributed by atoms with Crippen LogP contribution in [0, 0.1) is 0 Å². The lowest BCUT2D eigenvalue weighted by molar-refractivity contribution is -0.120. The molecule has 0 saturated carbocycles. The van der Waals surface area contributed by atoms with Gasteiger partial charge in [-0.1, -0.05) is 64.2 Å². The monoisotopic (exact) mass is 538 g/mol. The summed E-state index contributed by atoms with van der Waals surface area (Å²) in [6, 6.07) is 16.6. The van der Waals surface area contributed by atoms with Gasteiger partial charge in [0.25, 0.3) is 11.8 Å². The zero-order valence-corrected chi connectivity index (χ0v) is 20.7. The normalized spacial score (nSPS) is 13.7. The molecule has 5 nitrogen and oxygen atoms in total. The number of carbonyl (C=O) groups excluding carboxylic acids is 2. The molecule has 0 unspecified atom stereocenters. The molecule has 4 rings (SSSR count). The highest BCUT2D eigenvalue weighted by molar-refractivity contribution is 8.04.